The van der Waals surface area contributed by atoms with Gasteiger partial charge in [-0.2, -0.15) is 22.0 Å². The summed E-state index contributed by atoms with van der Waals surface area (Å²) in [5, 5.41) is 0. The van der Waals surface area contributed by atoms with E-state index in [1.807, 2.05) is 0 Å². The summed E-state index contributed by atoms with van der Waals surface area (Å²) in [5.41, 5.74) is -0.529. The van der Waals surface area contributed by atoms with Crippen LogP contribution in [0, 0.1) is 23.5 Å². The van der Waals surface area contributed by atoms with Gasteiger partial charge in [0.25, 0.3) is 0 Å². The van der Waals surface area contributed by atoms with Crippen molar-refractivity contribution in [3.05, 3.63) is 70.8 Å². The molecule has 0 aliphatic heterocycles. The van der Waals surface area contributed by atoms with E-state index in [9.17, 15) is 30.7 Å². The molecule has 0 N–H and O–H groups in total. The van der Waals surface area contributed by atoms with E-state index < -0.39 is 40.8 Å². The van der Waals surface area contributed by atoms with E-state index in [1.165, 1.54) is 18.6 Å². The fourth-order valence-corrected chi connectivity index (χ4v) is 4.83. The average Bonchev–Trinajstić information content (AvgIpc) is 2.78. The van der Waals surface area contributed by atoms with Crippen LogP contribution < -0.4 is 4.74 Å². The van der Waals surface area contributed by atoms with Gasteiger partial charge < -0.3 is 4.74 Å². The molecule has 0 saturated heterocycles. The monoisotopic (exact) mass is 502 g/mol. The highest BCUT2D eigenvalue weighted by molar-refractivity contribution is 5.53. The lowest BCUT2D eigenvalue weighted by Crippen LogP contribution is -2.22. The number of ether oxygens (including phenoxy) is 1. The Morgan fingerprint density at radius 3 is 2.03 bits per heavy atom. The van der Waals surface area contributed by atoms with Gasteiger partial charge in [0.15, 0.2) is 0 Å². The Morgan fingerprint density at radius 2 is 1.51 bits per heavy atom. The van der Waals surface area contributed by atoms with Crippen LogP contribution in [0.25, 0.3) is 6.08 Å². The fraction of sp³-hybridized carbons (Fsp3) is 0.481. The second kappa shape index (κ2) is 11.0. The third-order valence-electron chi connectivity index (χ3n) is 6.78. The van der Waals surface area contributed by atoms with Crippen LogP contribution in [0.2, 0.25) is 0 Å². The largest absolute Gasteiger partial charge is 0.429 e. The zero-order valence-electron chi connectivity index (χ0n) is 19.6. The third kappa shape index (κ3) is 7.24. The lowest BCUT2D eigenvalue weighted by molar-refractivity contribution is -0.185. The summed E-state index contributed by atoms with van der Waals surface area (Å²) >= 11 is 0. The minimum absolute atomic E-state index is 0.198. The van der Waals surface area contributed by atoms with E-state index in [1.54, 1.807) is 12.1 Å². The van der Waals surface area contributed by atoms with E-state index in [-0.39, 0.29) is 12.2 Å². The van der Waals surface area contributed by atoms with Crippen molar-refractivity contribution in [2.75, 3.05) is 0 Å². The highest BCUT2D eigenvalue weighted by Crippen LogP contribution is 2.41. The smallest absolute Gasteiger partial charge is 0.426 e. The van der Waals surface area contributed by atoms with Crippen molar-refractivity contribution >= 4 is 6.08 Å². The Morgan fingerprint density at radius 1 is 0.943 bits per heavy atom. The first-order valence-electron chi connectivity index (χ1n) is 11.8. The molecule has 1 saturated carbocycles. The zero-order valence-corrected chi connectivity index (χ0v) is 19.6. The molecule has 1 fully saturated rings. The normalized spacial score (nSPS) is 20.3. The molecule has 2 aromatic rings. The number of allylic oxidation sites excluding steroid dienone is 1. The molecule has 192 valence electrons. The quantitative estimate of drug-likeness (QED) is 0.327. The fourth-order valence-electron chi connectivity index (χ4n) is 4.83. The summed E-state index contributed by atoms with van der Waals surface area (Å²) in [4.78, 5) is 0. The van der Waals surface area contributed by atoms with Crippen molar-refractivity contribution in [1.82, 2.24) is 0 Å². The topological polar surface area (TPSA) is 9.23 Å². The van der Waals surface area contributed by atoms with E-state index in [0.717, 1.165) is 37.7 Å². The van der Waals surface area contributed by atoms with Crippen LogP contribution >= 0.6 is 0 Å². The number of hydrogen-bond donors (Lipinski definition) is 0. The minimum atomic E-state index is -4.78. The molecule has 1 nitrogen and oxygen atoms in total. The minimum Gasteiger partial charge on any atom is -0.429 e. The lowest BCUT2D eigenvalue weighted by Gasteiger charge is -2.32. The van der Waals surface area contributed by atoms with Crippen LogP contribution in [0.1, 0.15) is 75.0 Å². The summed E-state index contributed by atoms with van der Waals surface area (Å²) in [6.07, 6.45) is -2.23. The van der Waals surface area contributed by atoms with Crippen LogP contribution in [-0.4, -0.2) is 6.18 Å². The van der Waals surface area contributed by atoms with Crippen molar-refractivity contribution in [1.29, 1.82) is 0 Å². The molecule has 1 aliphatic carbocycles. The first-order chi connectivity index (χ1) is 16.4. The third-order valence-corrected chi connectivity index (χ3v) is 6.78. The summed E-state index contributed by atoms with van der Waals surface area (Å²) in [5.74, 6) is -2.06. The molecular formula is C27H29F7O. The van der Waals surface area contributed by atoms with E-state index in [4.69, 9.17) is 0 Å². The van der Waals surface area contributed by atoms with Gasteiger partial charge in [0.1, 0.15) is 17.4 Å². The molecular weight excluding hydrogens is 473 g/mol. The highest BCUT2D eigenvalue weighted by atomic mass is 19.4. The number of benzene rings is 2. The summed E-state index contributed by atoms with van der Waals surface area (Å²) in [7, 11) is 0. The van der Waals surface area contributed by atoms with E-state index in [0.29, 0.717) is 29.9 Å². The molecule has 0 aromatic heterocycles. The van der Waals surface area contributed by atoms with Gasteiger partial charge in [-0.25, -0.2) is 8.78 Å². The van der Waals surface area contributed by atoms with Crippen molar-refractivity contribution in [2.45, 2.75) is 70.6 Å². The van der Waals surface area contributed by atoms with Gasteiger partial charge in [0.2, 0.25) is 0 Å². The Balaban J connectivity index is 1.67. The molecule has 0 heterocycles. The second-order valence-electron chi connectivity index (χ2n) is 9.29. The van der Waals surface area contributed by atoms with Crippen LogP contribution in [0.4, 0.5) is 30.7 Å². The lowest BCUT2D eigenvalue weighted by atomic mass is 9.73. The zero-order chi connectivity index (χ0) is 25.8. The Kier molecular flexibility index (Phi) is 8.54. The van der Waals surface area contributed by atoms with Gasteiger partial charge in [-0.1, -0.05) is 38.8 Å². The molecule has 35 heavy (non-hydrogen) atoms. The molecule has 0 radical (unpaired) electrons. The molecule has 1 atom stereocenters. The second-order valence-corrected chi connectivity index (χ2v) is 9.29. The SMILES string of the molecule is CCCC(C)C1CCC(c2ccc(C(F)(F)Oc3cc(F)c(/C=C/C(F)(F)F)c(F)c3)cc2)CC1. The summed E-state index contributed by atoms with van der Waals surface area (Å²) in [6.45, 7) is 4.47. The van der Waals surface area contributed by atoms with Crippen molar-refractivity contribution in [3.8, 4) is 5.75 Å². The van der Waals surface area contributed by atoms with Crippen LogP contribution in [0.5, 0.6) is 5.75 Å². The average molecular weight is 503 g/mol. The number of hydrogen-bond acceptors (Lipinski definition) is 1. The van der Waals surface area contributed by atoms with Gasteiger partial charge in [-0.05, 0) is 67.2 Å². The predicted octanol–water partition coefficient (Wildman–Crippen LogP) is 9.38. The van der Waals surface area contributed by atoms with E-state index in [2.05, 4.69) is 18.6 Å². The maximum atomic E-state index is 14.7. The van der Waals surface area contributed by atoms with Gasteiger partial charge in [0.05, 0.1) is 5.56 Å². The molecule has 1 unspecified atom stereocenters. The van der Waals surface area contributed by atoms with Crippen LogP contribution in [0.3, 0.4) is 0 Å². The summed E-state index contributed by atoms with van der Waals surface area (Å²) < 4.78 is 98.8. The van der Waals surface area contributed by atoms with Crippen molar-refractivity contribution in [2.24, 2.45) is 11.8 Å². The molecule has 0 bridgehead atoms. The predicted molar refractivity (Wildman–Crippen MR) is 121 cm³/mol. The maximum absolute atomic E-state index is 14.7. The van der Waals surface area contributed by atoms with Gasteiger partial charge in [0, 0.05) is 23.8 Å². The van der Waals surface area contributed by atoms with Crippen molar-refractivity contribution in [3.63, 3.8) is 0 Å². The van der Waals surface area contributed by atoms with Gasteiger partial charge in [-0.3, -0.25) is 0 Å². The number of halogens is 7. The maximum Gasteiger partial charge on any atom is 0.426 e. The van der Waals surface area contributed by atoms with Gasteiger partial charge in [-0.15, -0.1) is 0 Å². The Hall–Kier alpha value is -2.51. The Bertz CT molecular complexity index is 980. The van der Waals surface area contributed by atoms with E-state index >= 15 is 0 Å². The number of rotatable bonds is 8. The molecule has 3 rings (SSSR count). The number of alkyl halides is 5. The molecule has 0 amide bonds. The molecule has 0 spiro atoms. The molecule has 1 aliphatic rings. The summed E-state index contributed by atoms with van der Waals surface area (Å²) in [6, 6.07) is 6.57. The van der Waals surface area contributed by atoms with Crippen LogP contribution in [0.15, 0.2) is 42.5 Å². The van der Waals surface area contributed by atoms with Gasteiger partial charge >= 0.3 is 12.3 Å². The highest BCUT2D eigenvalue weighted by Gasteiger charge is 2.35. The molecule has 2 aromatic carbocycles. The first kappa shape index (κ1) is 27.1. The Labute approximate surface area is 201 Å². The standard InChI is InChI=1S/C27H29F7O/c1-3-4-17(2)18-5-7-19(8-6-18)20-9-11-21(12-10-20)27(33,34)35-22-15-24(28)23(25(29)16-22)13-14-26(30,31)32/h9-19H,3-8H2,1-2H3/b14-13+. The first-order valence-corrected chi connectivity index (χ1v) is 11.8. The van der Waals surface area contributed by atoms with Crippen molar-refractivity contribution < 1.29 is 35.5 Å². The molecule has 8 heteroatoms. The van der Waals surface area contributed by atoms with Crippen LogP contribution in [-0.2, 0) is 6.11 Å².